The maximum atomic E-state index is 12.1. The van der Waals surface area contributed by atoms with E-state index in [-0.39, 0.29) is 5.43 Å². The topological polar surface area (TPSA) is 45.3 Å². The van der Waals surface area contributed by atoms with Gasteiger partial charge in [0.2, 0.25) is 0 Å². The first kappa shape index (κ1) is 17.3. The van der Waals surface area contributed by atoms with Crippen molar-refractivity contribution in [3.63, 3.8) is 0 Å². The lowest BCUT2D eigenvalue weighted by atomic mass is 10.0. The molecule has 0 saturated heterocycles. The van der Waals surface area contributed by atoms with Crippen LogP contribution in [0.25, 0.3) is 0 Å². The Hall–Kier alpha value is -2.07. The van der Waals surface area contributed by atoms with E-state index in [1.165, 1.54) is 5.56 Å². The monoisotopic (exact) mass is 314 g/mol. The van der Waals surface area contributed by atoms with Crippen molar-refractivity contribution < 1.29 is 4.74 Å². The van der Waals surface area contributed by atoms with E-state index in [9.17, 15) is 4.79 Å². The van der Waals surface area contributed by atoms with Gasteiger partial charge in [-0.25, -0.2) is 0 Å². The van der Waals surface area contributed by atoms with Crippen molar-refractivity contribution in [1.82, 2.24) is 9.88 Å². The number of aryl methyl sites for hydroxylation is 1. The molecule has 0 aliphatic rings. The summed E-state index contributed by atoms with van der Waals surface area (Å²) in [5.74, 6) is 0.924. The lowest BCUT2D eigenvalue weighted by Crippen LogP contribution is -2.32. The molecule has 1 unspecified atom stereocenters. The van der Waals surface area contributed by atoms with Crippen LogP contribution in [0.1, 0.15) is 29.3 Å². The molecular formula is C19H26N2O2. The van der Waals surface area contributed by atoms with Gasteiger partial charge in [-0.05, 0) is 45.9 Å². The van der Waals surface area contributed by atoms with Crippen molar-refractivity contribution in [2.75, 3.05) is 14.2 Å². The Morgan fingerprint density at radius 1 is 1.26 bits per heavy atom. The van der Waals surface area contributed by atoms with Crippen molar-refractivity contribution in [3.8, 4) is 5.75 Å². The second kappa shape index (κ2) is 7.47. The van der Waals surface area contributed by atoms with Gasteiger partial charge in [-0.2, -0.15) is 0 Å². The van der Waals surface area contributed by atoms with Crippen LogP contribution in [0, 0.1) is 13.8 Å². The largest absolute Gasteiger partial charge is 0.496 e. The number of hydrogen-bond acceptors (Lipinski definition) is 3. The SMILES string of the molecule is COc1ccccc1CC(C)N(C)Cc1[nH]cc(C)c(=O)c1C. The van der Waals surface area contributed by atoms with E-state index in [1.807, 2.05) is 32.0 Å². The lowest BCUT2D eigenvalue weighted by molar-refractivity contribution is 0.243. The van der Waals surface area contributed by atoms with E-state index in [2.05, 4.69) is 29.9 Å². The summed E-state index contributed by atoms with van der Waals surface area (Å²) in [6, 6.07) is 8.44. The number of likely N-dealkylation sites (N-methyl/N-ethyl adjacent to an activating group) is 1. The molecule has 1 aromatic heterocycles. The van der Waals surface area contributed by atoms with Crippen LogP contribution < -0.4 is 10.2 Å². The van der Waals surface area contributed by atoms with Gasteiger partial charge in [0.15, 0.2) is 5.43 Å². The molecule has 0 aliphatic carbocycles. The van der Waals surface area contributed by atoms with E-state index in [1.54, 1.807) is 13.3 Å². The summed E-state index contributed by atoms with van der Waals surface area (Å²) in [5.41, 5.74) is 3.88. The average molecular weight is 314 g/mol. The molecule has 23 heavy (non-hydrogen) atoms. The Morgan fingerprint density at radius 2 is 1.96 bits per heavy atom. The molecule has 2 aromatic rings. The highest BCUT2D eigenvalue weighted by Crippen LogP contribution is 2.20. The Bertz CT molecular complexity index is 722. The van der Waals surface area contributed by atoms with Crippen molar-refractivity contribution in [2.45, 2.75) is 39.8 Å². The molecule has 0 radical (unpaired) electrons. The number of methoxy groups -OCH3 is 1. The van der Waals surface area contributed by atoms with Gasteiger partial charge in [-0.15, -0.1) is 0 Å². The Morgan fingerprint density at radius 3 is 2.65 bits per heavy atom. The number of pyridine rings is 1. The summed E-state index contributed by atoms with van der Waals surface area (Å²) in [6.45, 7) is 6.63. The summed E-state index contributed by atoms with van der Waals surface area (Å²) >= 11 is 0. The van der Waals surface area contributed by atoms with Gasteiger partial charge in [0.05, 0.1) is 7.11 Å². The number of H-pyrrole nitrogens is 1. The smallest absolute Gasteiger partial charge is 0.187 e. The second-order valence-electron chi connectivity index (χ2n) is 6.18. The van der Waals surface area contributed by atoms with E-state index in [4.69, 9.17) is 4.74 Å². The predicted molar refractivity (Wildman–Crippen MR) is 94.2 cm³/mol. The number of aromatic amines is 1. The minimum absolute atomic E-state index is 0.129. The summed E-state index contributed by atoms with van der Waals surface area (Å²) in [5, 5.41) is 0. The summed E-state index contributed by atoms with van der Waals surface area (Å²) in [7, 11) is 3.78. The minimum atomic E-state index is 0.129. The fraction of sp³-hybridized carbons (Fsp3) is 0.421. The number of aromatic nitrogens is 1. The van der Waals surface area contributed by atoms with Crippen LogP contribution in [-0.2, 0) is 13.0 Å². The first-order valence-corrected chi connectivity index (χ1v) is 7.94. The molecular weight excluding hydrogens is 288 g/mol. The van der Waals surface area contributed by atoms with Crippen LogP contribution in [-0.4, -0.2) is 30.1 Å². The highest BCUT2D eigenvalue weighted by atomic mass is 16.5. The first-order chi connectivity index (χ1) is 10.9. The fourth-order valence-electron chi connectivity index (χ4n) is 2.72. The van der Waals surface area contributed by atoms with E-state index in [0.717, 1.165) is 35.5 Å². The minimum Gasteiger partial charge on any atom is -0.496 e. The number of rotatable bonds is 6. The summed E-state index contributed by atoms with van der Waals surface area (Å²) in [6.07, 6.45) is 2.69. The molecule has 0 fully saturated rings. The molecule has 0 saturated carbocycles. The van der Waals surface area contributed by atoms with Gasteiger partial charge in [0.1, 0.15) is 5.75 Å². The second-order valence-corrected chi connectivity index (χ2v) is 6.18. The van der Waals surface area contributed by atoms with E-state index < -0.39 is 0 Å². The number of benzene rings is 1. The van der Waals surface area contributed by atoms with E-state index in [0.29, 0.717) is 6.04 Å². The molecule has 4 heteroatoms. The highest BCUT2D eigenvalue weighted by Gasteiger charge is 2.15. The van der Waals surface area contributed by atoms with Crippen LogP contribution in [0.15, 0.2) is 35.3 Å². The molecule has 0 aliphatic heterocycles. The van der Waals surface area contributed by atoms with Gasteiger partial charge in [-0.1, -0.05) is 18.2 Å². The maximum absolute atomic E-state index is 12.1. The summed E-state index contributed by atoms with van der Waals surface area (Å²) in [4.78, 5) is 17.6. The third kappa shape index (κ3) is 4.02. The zero-order chi connectivity index (χ0) is 17.0. The number of nitrogens with one attached hydrogen (secondary N) is 1. The number of para-hydroxylation sites is 1. The summed E-state index contributed by atoms with van der Waals surface area (Å²) < 4.78 is 5.43. The van der Waals surface area contributed by atoms with Crippen molar-refractivity contribution in [2.24, 2.45) is 0 Å². The van der Waals surface area contributed by atoms with Crippen LogP contribution in [0.4, 0.5) is 0 Å². The third-order valence-corrected chi connectivity index (χ3v) is 4.48. The Labute approximate surface area is 138 Å². The molecule has 1 heterocycles. The molecule has 1 N–H and O–H groups in total. The van der Waals surface area contributed by atoms with E-state index >= 15 is 0 Å². The molecule has 1 atom stereocenters. The van der Waals surface area contributed by atoms with Crippen LogP contribution in [0.3, 0.4) is 0 Å². The first-order valence-electron chi connectivity index (χ1n) is 7.94. The molecule has 1 aromatic carbocycles. The quantitative estimate of drug-likeness (QED) is 0.891. The van der Waals surface area contributed by atoms with Gasteiger partial charge in [-0.3, -0.25) is 9.69 Å². The standard InChI is InChI=1S/C19H26N2O2/c1-13-11-20-17(15(3)19(13)22)12-21(4)14(2)10-16-8-6-7-9-18(16)23-5/h6-9,11,14H,10,12H2,1-5H3,(H,20,22). The zero-order valence-electron chi connectivity index (χ0n) is 14.6. The van der Waals surface area contributed by atoms with Gasteiger partial charge < -0.3 is 9.72 Å². The molecule has 2 rings (SSSR count). The lowest BCUT2D eigenvalue weighted by Gasteiger charge is -2.26. The normalized spacial score (nSPS) is 12.4. The van der Waals surface area contributed by atoms with Gasteiger partial charge >= 0.3 is 0 Å². The predicted octanol–water partition coefficient (Wildman–Crippen LogP) is 3.06. The van der Waals surface area contributed by atoms with Gasteiger partial charge in [0, 0.05) is 35.6 Å². The molecule has 4 nitrogen and oxygen atoms in total. The number of hydrogen-bond donors (Lipinski definition) is 1. The van der Waals surface area contributed by atoms with Crippen LogP contribution >= 0.6 is 0 Å². The molecule has 0 spiro atoms. The van der Waals surface area contributed by atoms with Crippen LogP contribution in [0.2, 0.25) is 0 Å². The molecule has 0 bridgehead atoms. The van der Waals surface area contributed by atoms with Gasteiger partial charge in [0.25, 0.3) is 0 Å². The zero-order valence-corrected chi connectivity index (χ0v) is 14.6. The molecule has 0 amide bonds. The molecule has 124 valence electrons. The van der Waals surface area contributed by atoms with Crippen LogP contribution in [0.5, 0.6) is 5.75 Å². The van der Waals surface area contributed by atoms with Crippen molar-refractivity contribution >= 4 is 0 Å². The van der Waals surface area contributed by atoms with Crippen molar-refractivity contribution in [1.29, 1.82) is 0 Å². The number of ether oxygens (including phenoxy) is 1. The Balaban J connectivity index is 2.10. The average Bonchev–Trinajstić information content (AvgIpc) is 2.55. The maximum Gasteiger partial charge on any atom is 0.187 e. The third-order valence-electron chi connectivity index (χ3n) is 4.48. The fourth-order valence-corrected chi connectivity index (χ4v) is 2.72. The van der Waals surface area contributed by atoms with Crippen molar-refractivity contribution in [3.05, 3.63) is 63.1 Å². The number of nitrogens with zero attached hydrogens (tertiary/aromatic N) is 1. The Kier molecular flexibility index (Phi) is 5.61. The highest BCUT2D eigenvalue weighted by molar-refractivity contribution is 5.33.